The van der Waals surface area contributed by atoms with Gasteiger partial charge in [-0.15, -0.1) is 0 Å². The number of aromatic amines is 1. The summed E-state index contributed by atoms with van der Waals surface area (Å²) >= 11 is 0. The van der Waals surface area contributed by atoms with E-state index in [4.69, 9.17) is 5.73 Å². The summed E-state index contributed by atoms with van der Waals surface area (Å²) in [5, 5.41) is 0. The van der Waals surface area contributed by atoms with Crippen LogP contribution in [0.15, 0.2) is 16.9 Å². The molecule has 0 amide bonds. The fraction of sp³-hybridized carbons (Fsp3) is 0.375. The van der Waals surface area contributed by atoms with E-state index in [2.05, 4.69) is 4.98 Å². The first-order chi connectivity index (χ1) is 5.11. The van der Waals surface area contributed by atoms with Crippen molar-refractivity contribution in [1.29, 1.82) is 0 Å². The molecule has 0 aliphatic carbocycles. The van der Waals surface area contributed by atoms with E-state index in [1.54, 1.807) is 6.07 Å². The molecule has 0 aliphatic heterocycles. The number of aryl methyl sites for hydroxylation is 1. The van der Waals surface area contributed by atoms with Gasteiger partial charge in [0.05, 0.1) is 0 Å². The number of pyridine rings is 1. The molecule has 11 heavy (non-hydrogen) atoms. The van der Waals surface area contributed by atoms with Crippen molar-refractivity contribution in [2.45, 2.75) is 19.9 Å². The van der Waals surface area contributed by atoms with Gasteiger partial charge in [0.15, 0.2) is 0 Å². The maximum atomic E-state index is 10.8. The lowest BCUT2D eigenvalue weighted by Gasteiger charge is -2.07. The summed E-state index contributed by atoms with van der Waals surface area (Å²) in [5.41, 5.74) is 7.41. The van der Waals surface area contributed by atoms with Gasteiger partial charge in [0, 0.05) is 17.8 Å². The monoisotopic (exact) mass is 152 g/mol. The Morgan fingerprint density at radius 3 is 2.64 bits per heavy atom. The second kappa shape index (κ2) is 2.88. The van der Waals surface area contributed by atoms with Gasteiger partial charge >= 0.3 is 0 Å². The molecule has 3 heteroatoms. The molecule has 3 nitrogen and oxygen atoms in total. The predicted octanol–water partition coefficient (Wildman–Crippen LogP) is 0.703. The molecule has 3 N–H and O–H groups in total. The van der Waals surface area contributed by atoms with Gasteiger partial charge in [0.25, 0.3) is 0 Å². The second-order valence-electron chi connectivity index (χ2n) is 2.69. The van der Waals surface area contributed by atoms with Crippen molar-refractivity contribution in [1.82, 2.24) is 4.98 Å². The number of rotatable bonds is 1. The maximum absolute atomic E-state index is 10.8. The Hall–Kier alpha value is -1.09. The lowest BCUT2D eigenvalue weighted by Crippen LogP contribution is -2.13. The fourth-order valence-electron chi connectivity index (χ4n) is 1.08. The van der Waals surface area contributed by atoms with Crippen LogP contribution in [0.4, 0.5) is 0 Å². The lowest BCUT2D eigenvalue weighted by atomic mass is 10.1. The van der Waals surface area contributed by atoms with Gasteiger partial charge in [-0.25, -0.2) is 0 Å². The molecule has 0 saturated heterocycles. The van der Waals surface area contributed by atoms with Crippen molar-refractivity contribution in [2.24, 2.45) is 5.73 Å². The fourth-order valence-corrected chi connectivity index (χ4v) is 1.08. The van der Waals surface area contributed by atoms with Gasteiger partial charge in [-0.05, 0) is 19.4 Å². The van der Waals surface area contributed by atoms with Crippen molar-refractivity contribution in [2.75, 3.05) is 0 Å². The average molecular weight is 152 g/mol. The molecule has 1 aromatic heterocycles. The summed E-state index contributed by atoms with van der Waals surface area (Å²) in [4.78, 5) is 13.5. The Morgan fingerprint density at radius 1 is 1.55 bits per heavy atom. The smallest absolute Gasteiger partial charge is 0.248 e. The van der Waals surface area contributed by atoms with Crippen molar-refractivity contribution >= 4 is 0 Å². The Labute approximate surface area is 65.2 Å². The average Bonchev–Trinajstić information content (AvgIpc) is 1.85. The highest BCUT2D eigenvalue weighted by atomic mass is 16.1. The molecule has 0 radical (unpaired) electrons. The Kier molecular flexibility index (Phi) is 2.10. The third-order valence-electron chi connectivity index (χ3n) is 1.65. The molecule has 1 atom stereocenters. The van der Waals surface area contributed by atoms with Crippen LogP contribution in [0.2, 0.25) is 0 Å². The molecular formula is C8H12N2O. The minimum atomic E-state index is -0.0769. The van der Waals surface area contributed by atoms with E-state index < -0.39 is 0 Å². The first-order valence-corrected chi connectivity index (χ1v) is 3.56. The summed E-state index contributed by atoms with van der Waals surface area (Å²) in [6.45, 7) is 3.74. The van der Waals surface area contributed by atoms with Crippen LogP contribution < -0.4 is 11.3 Å². The largest absolute Gasteiger partial charge is 0.326 e. The zero-order chi connectivity index (χ0) is 8.43. The van der Waals surface area contributed by atoms with Crippen molar-refractivity contribution in [3.63, 3.8) is 0 Å². The van der Waals surface area contributed by atoms with Gasteiger partial charge < -0.3 is 10.7 Å². The highest BCUT2D eigenvalue weighted by Crippen LogP contribution is 2.09. The van der Waals surface area contributed by atoms with E-state index in [9.17, 15) is 4.79 Å². The summed E-state index contributed by atoms with van der Waals surface area (Å²) < 4.78 is 0. The van der Waals surface area contributed by atoms with E-state index in [1.807, 2.05) is 13.8 Å². The summed E-state index contributed by atoms with van der Waals surface area (Å²) in [6.07, 6.45) is 0. The zero-order valence-corrected chi connectivity index (χ0v) is 6.72. The summed E-state index contributed by atoms with van der Waals surface area (Å²) in [7, 11) is 0. The number of aromatic nitrogens is 1. The number of H-pyrrole nitrogens is 1. The zero-order valence-electron chi connectivity index (χ0n) is 6.72. The minimum Gasteiger partial charge on any atom is -0.326 e. The molecule has 0 saturated carbocycles. The normalized spacial score (nSPS) is 13.0. The van der Waals surface area contributed by atoms with Crippen LogP contribution in [-0.4, -0.2) is 4.98 Å². The molecule has 0 fully saturated rings. The van der Waals surface area contributed by atoms with E-state index in [-0.39, 0.29) is 11.6 Å². The molecule has 1 aromatic rings. The lowest BCUT2D eigenvalue weighted by molar-refractivity contribution is 0.797. The number of nitrogens with two attached hydrogens (primary N) is 1. The Bertz CT molecular complexity index is 301. The van der Waals surface area contributed by atoms with E-state index in [1.165, 1.54) is 6.07 Å². The molecule has 1 rings (SSSR count). The van der Waals surface area contributed by atoms with E-state index in [0.29, 0.717) is 0 Å². The number of hydrogen-bond donors (Lipinski definition) is 2. The third-order valence-corrected chi connectivity index (χ3v) is 1.65. The molecule has 0 unspecified atom stereocenters. The van der Waals surface area contributed by atoms with Crippen LogP contribution >= 0.6 is 0 Å². The summed E-state index contributed by atoms with van der Waals surface area (Å²) in [5.74, 6) is 0. The number of nitrogens with one attached hydrogen (secondary N) is 1. The standard InChI is InChI=1S/C8H12N2O/c1-5(9)7-3-4-8(11)10-6(7)2/h3-5H,9H2,1-2H3,(H,10,11)/t5-/m1/s1. The first-order valence-electron chi connectivity index (χ1n) is 3.56. The highest BCUT2D eigenvalue weighted by Gasteiger charge is 2.02. The van der Waals surface area contributed by atoms with E-state index >= 15 is 0 Å². The van der Waals surface area contributed by atoms with Crippen LogP contribution in [0.3, 0.4) is 0 Å². The van der Waals surface area contributed by atoms with Crippen molar-refractivity contribution in [3.05, 3.63) is 33.7 Å². The minimum absolute atomic E-state index is 0.0214. The first kappa shape index (κ1) is 8.01. The second-order valence-corrected chi connectivity index (χ2v) is 2.69. The molecule has 0 bridgehead atoms. The van der Waals surface area contributed by atoms with Crippen LogP contribution in [0.25, 0.3) is 0 Å². The van der Waals surface area contributed by atoms with Gasteiger partial charge in [-0.3, -0.25) is 4.79 Å². The SMILES string of the molecule is Cc1[nH]c(=O)ccc1[C@@H](C)N. The van der Waals surface area contributed by atoms with Crippen LogP contribution in [0.5, 0.6) is 0 Å². The summed E-state index contributed by atoms with van der Waals surface area (Å²) in [6, 6.07) is 3.23. The molecule has 60 valence electrons. The Morgan fingerprint density at radius 2 is 2.18 bits per heavy atom. The molecule has 0 aliphatic rings. The van der Waals surface area contributed by atoms with Crippen LogP contribution in [0, 0.1) is 6.92 Å². The molecule has 0 spiro atoms. The topological polar surface area (TPSA) is 58.9 Å². The van der Waals surface area contributed by atoms with Gasteiger partial charge in [0.1, 0.15) is 0 Å². The molecule has 0 aromatic carbocycles. The maximum Gasteiger partial charge on any atom is 0.248 e. The van der Waals surface area contributed by atoms with Gasteiger partial charge in [0.2, 0.25) is 5.56 Å². The van der Waals surface area contributed by atoms with E-state index in [0.717, 1.165) is 11.3 Å². The van der Waals surface area contributed by atoms with Crippen molar-refractivity contribution < 1.29 is 0 Å². The quantitative estimate of drug-likeness (QED) is 0.622. The van der Waals surface area contributed by atoms with Crippen LogP contribution in [-0.2, 0) is 0 Å². The third kappa shape index (κ3) is 1.68. The predicted molar refractivity (Wildman–Crippen MR) is 44.4 cm³/mol. The van der Waals surface area contributed by atoms with Gasteiger partial charge in [-0.1, -0.05) is 6.07 Å². The highest BCUT2D eigenvalue weighted by molar-refractivity contribution is 5.21. The number of hydrogen-bond acceptors (Lipinski definition) is 2. The van der Waals surface area contributed by atoms with Crippen LogP contribution in [0.1, 0.15) is 24.2 Å². The molecular weight excluding hydrogens is 140 g/mol. The van der Waals surface area contributed by atoms with Gasteiger partial charge in [-0.2, -0.15) is 0 Å². The Balaban J connectivity index is 3.20. The van der Waals surface area contributed by atoms with Crippen molar-refractivity contribution in [3.8, 4) is 0 Å². The molecule has 1 heterocycles.